The maximum atomic E-state index is 12.4. The van der Waals surface area contributed by atoms with Gasteiger partial charge in [0.15, 0.2) is 0 Å². The molecular formula is C20H18BrN3O2. The van der Waals surface area contributed by atoms with Crippen LogP contribution in [-0.2, 0) is 11.3 Å². The van der Waals surface area contributed by atoms with Crippen LogP contribution in [0.2, 0.25) is 0 Å². The van der Waals surface area contributed by atoms with Crippen molar-refractivity contribution >= 4 is 21.8 Å². The smallest absolute Gasteiger partial charge is 0.249 e. The van der Waals surface area contributed by atoms with Crippen LogP contribution in [0.15, 0.2) is 57.5 Å². The third-order valence-corrected chi connectivity index (χ3v) is 5.10. The minimum absolute atomic E-state index is 0.123. The molecule has 6 heteroatoms. The molecule has 0 spiro atoms. The molecule has 0 radical (unpaired) electrons. The van der Waals surface area contributed by atoms with Crippen LogP contribution < -0.4 is 0 Å². The Morgan fingerprint density at radius 2 is 2.04 bits per heavy atom. The fourth-order valence-electron chi connectivity index (χ4n) is 3.19. The first-order valence-corrected chi connectivity index (χ1v) is 9.34. The predicted molar refractivity (Wildman–Crippen MR) is 101 cm³/mol. The van der Waals surface area contributed by atoms with Crippen LogP contribution >= 0.6 is 15.9 Å². The van der Waals surface area contributed by atoms with Gasteiger partial charge in [0.05, 0.1) is 0 Å². The largest absolute Gasteiger partial charge is 0.337 e. The van der Waals surface area contributed by atoms with E-state index in [1.807, 2.05) is 29.2 Å². The summed E-state index contributed by atoms with van der Waals surface area (Å²) >= 11 is 3.45. The standard InChI is InChI=1S/C20H18BrN3O2/c1-13-5-7-14(8-6-13)12-24-17(9-10-18(24)25)20-22-19(23-26-20)15-3-2-4-16(21)11-15/h2-8,11,17H,9-10,12H2,1H3. The van der Waals surface area contributed by atoms with E-state index in [-0.39, 0.29) is 11.9 Å². The molecule has 2 aromatic carbocycles. The second-order valence-corrected chi connectivity index (χ2v) is 7.44. The first-order valence-electron chi connectivity index (χ1n) is 8.55. The molecule has 1 saturated heterocycles. The molecule has 0 aliphatic carbocycles. The lowest BCUT2D eigenvalue weighted by Crippen LogP contribution is -2.27. The van der Waals surface area contributed by atoms with Crippen molar-refractivity contribution in [1.82, 2.24) is 15.0 Å². The minimum atomic E-state index is -0.169. The zero-order valence-corrected chi connectivity index (χ0v) is 15.9. The van der Waals surface area contributed by atoms with Crippen LogP contribution in [0, 0.1) is 6.92 Å². The number of carbonyl (C=O) groups is 1. The molecule has 4 rings (SSSR count). The average Bonchev–Trinajstić information content (AvgIpc) is 3.25. The van der Waals surface area contributed by atoms with Crippen molar-refractivity contribution in [3.63, 3.8) is 0 Å². The van der Waals surface area contributed by atoms with Gasteiger partial charge in [-0.15, -0.1) is 0 Å². The highest BCUT2D eigenvalue weighted by molar-refractivity contribution is 9.10. The summed E-state index contributed by atoms with van der Waals surface area (Å²) in [5, 5.41) is 4.11. The zero-order chi connectivity index (χ0) is 18.1. The van der Waals surface area contributed by atoms with Gasteiger partial charge >= 0.3 is 0 Å². The molecule has 132 valence electrons. The number of likely N-dealkylation sites (tertiary alicyclic amines) is 1. The number of aromatic nitrogens is 2. The maximum absolute atomic E-state index is 12.4. The van der Waals surface area contributed by atoms with Crippen molar-refractivity contribution in [3.8, 4) is 11.4 Å². The number of benzene rings is 2. The second-order valence-electron chi connectivity index (χ2n) is 6.53. The monoisotopic (exact) mass is 411 g/mol. The lowest BCUT2D eigenvalue weighted by molar-refractivity contribution is -0.129. The molecule has 2 heterocycles. The van der Waals surface area contributed by atoms with Crippen molar-refractivity contribution in [1.29, 1.82) is 0 Å². The van der Waals surface area contributed by atoms with Crippen LogP contribution in [-0.4, -0.2) is 20.9 Å². The highest BCUT2D eigenvalue weighted by Crippen LogP contribution is 2.34. The van der Waals surface area contributed by atoms with Gasteiger partial charge in [-0.3, -0.25) is 4.79 Å². The number of rotatable bonds is 4. The Balaban J connectivity index is 1.58. The van der Waals surface area contributed by atoms with Gasteiger partial charge in [-0.05, 0) is 31.0 Å². The molecule has 26 heavy (non-hydrogen) atoms. The van der Waals surface area contributed by atoms with E-state index in [0.29, 0.717) is 31.1 Å². The highest BCUT2D eigenvalue weighted by Gasteiger charge is 2.36. The zero-order valence-electron chi connectivity index (χ0n) is 14.4. The van der Waals surface area contributed by atoms with E-state index >= 15 is 0 Å². The van der Waals surface area contributed by atoms with Crippen molar-refractivity contribution < 1.29 is 9.32 Å². The van der Waals surface area contributed by atoms with E-state index in [2.05, 4.69) is 57.3 Å². The SMILES string of the molecule is Cc1ccc(CN2C(=O)CCC2c2nc(-c3cccc(Br)c3)no2)cc1. The third kappa shape index (κ3) is 3.42. The molecule has 1 aliphatic rings. The number of carbonyl (C=O) groups excluding carboxylic acids is 1. The quantitative estimate of drug-likeness (QED) is 0.625. The lowest BCUT2D eigenvalue weighted by atomic mass is 10.1. The Bertz CT molecular complexity index is 936. The topological polar surface area (TPSA) is 59.2 Å². The Morgan fingerprint density at radius 3 is 2.81 bits per heavy atom. The van der Waals surface area contributed by atoms with E-state index in [4.69, 9.17) is 4.52 Å². The minimum Gasteiger partial charge on any atom is -0.337 e. The molecule has 1 amide bonds. The summed E-state index contributed by atoms with van der Waals surface area (Å²) in [5.41, 5.74) is 3.18. The van der Waals surface area contributed by atoms with Gasteiger partial charge in [-0.25, -0.2) is 0 Å². The molecule has 1 aliphatic heterocycles. The first kappa shape index (κ1) is 17.0. The summed E-state index contributed by atoms with van der Waals surface area (Å²) in [6, 6.07) is 15.8. The number of aryl methyl sites for hydroxylation is 1. The number of hydrogen-bond acceptors (Lipinski definition) is 4. The molecule has 1 unspecified atom stereocenters. The summed E-state index contributed by atoms with van der Waals surface area (Å²) in [5.74, 6) is 1.16. The maximum Gasteiger partial charge on any atom is 0.249 e. The fourth-order valence-corrected chi connectivity index (χ4v) is 3.59. The van der Waals surface area contributed by atoms with Crippen LogP contribution in [0.5, 0.6) is 0 Å². The fraction of sp³-hybridized carbons (Fsp3) is 0.250. The first-order chi connectivity index (χ1) is 12.6. The van der Waals surface area contributed by atoms with Gasteiger partial charge in [0.25, 0.3) is 0 Å². The Kier molecular flexibility index (Phi) is 4.59. The van der Waals surface area contributed by atoms with E-state index in [1.54, 1.807) is 0 Å². The van der Waals surface area contributed by atoms with Gasteiger partial charge in [-0.1, -0.05) is 63.0 Å². The molecule has 1 aromatic heterocycles. The number of amides is 1. The summed E-state index contributed by atoms with van der Waals surface area (Å²) < 4.78 is 6.46. The predicted octanol–water partition coefficient (Wildman–Crippen LogP) is 4.67. The van der Waals surface area contributed by atoms with Gasteiger partial charge in [-0.2, -0.15) is 4.98 Å². The number of hydrogen-bond donors (Lipinski definition) is 0. The summed E-state index contributed by atoms with van der Waals surface area (Å²) in [6.07, 6.45) is 1.20. The van der Waals surface area contributed by atoms with Crippen molar-refractivity contribution in [2.75, 3.05) is 0 Å². The highest BCUT2D eigenvalue weighted by atomic mass is 79.9. The molecule has 1 atom stereocenters. The van der Waals surface area contributed by atoms with Crippen LogP contribution in [0.3, 0.4) is 0 Å². The molecule has 0 saturated carbocycles. The molecule has 3 aromatic rings. The normalized spacial score (nSPS) is 17.1. The summed E-state index contributed by atoms with van der Waals surface area (Å²) in [7, 11) is 0. The van der Waals surface area contributed by atoms with Gasteiger partial charge in [0.1, 0.15) is 6.04 Å². The van der Waals surface area contributed by atoms with Crippen LogP contribution in [0.25, 0.3) is 11.4 Å². The van der Waals surface area contributed by atoms with Gasteiger partial charge < -0.3 is 9.42 Å². The van der Waals surface area contributed by atoms with Crippen LogP contribution in [0.4, 0.5) is 0 Å². The van der Waals surface area contributed by atoms with E-state index < -0.39 is 0 Å². The summed E-state index contributed by atoms with van der Waals surface area (Å²) in [4.78, 5) is 18.8. The Hall–Kier alpha value is -2.47. The Labute approximate surface area is 160 Å². The number of halogens is 1. The van der Waals surface area contributed by atoms with Crippen molar-refractivity contribution in [2.45, 2.75) is 32.4 Å². The van der Waals surface area contributed by atoms with Crippen LogP contribution in [0.1, 0.15) is 35.9 Å². The molecular weight excluding hydrogens is 394 g/mol. The summed E-state index contributed by atoms with van der Waals surface area (Å²) in [6.45, 7) is 2.61. The number of nitrogens with zero attached hydrogens (tertiary/aromatic N) is 3. The van der Waals surface area contributed by atoms with Gasteiger partial charge in [0.2, 0.25) is 17.6 Å². The second kappa shape index (κ2) is 7.03. The van der Waals surface area contributed by atoms with E-state index in [1.165, 1.54) is 5.56 Å². The average molecular weight is 412 g/mol. The molecule has 0 bridgehead atoms. The van der Waals surface area contributed by atoms with Crippen molar-refractivity contribution in [3.05, 3.63) is 70.0 Å². The Morgan fingerprint density at radius 1 is 1.23 bits per heavy atom. The molecule has 0 N–H and O–H groups in total. The lowest BCUT2D eigenvalue weighted by Gasteiger charge is -2.22. The molecule has 5 nitrogen and oxygen atoms in total. The molecule has 1 fully saturated rings. The van der Waals surface area contributed by atoms with Crippen molar-refractivity contribution in [2.24, 2.45) is 0 Å². The van der Waals surface area contributed by atoms with E-state index in [0.717, 1.165) is 15.6 Å². The van der Waals surface area contributed by atoms with E-state index in [9.17, 15) is 4.79 Å². The third-order valence-electron chi connectivity index (χ3n) is 4.61. The van der Waals surface area contributed by atoms with Gasteiger partial charge in [0, 0.05) is 23.0 Å².